The van der Waals surface area contributed by atoms with Gasteiger partial charge in [0.15, 0.2) is 0 Å². The summed E-state index contributed by atoms with van der Waals surface area (Å²) in [4.78, 5) is 24.6. The molecule has 1 rings (SSSR count). The first kappa shape index (κ1) is 16.2. The summed E-state index contributed by atoms with van der Waals surface area (Å²) < 4.78 is 1.56. The van der Waals surface area contributed by atoms with Gasteiger partial charge in [-0.25, -0.2) is 0 Å². The van der Waals surface area contributed by atoms with Crippen LogP contribution in [0, 0.1) is 0 Å². The van der Waals surface area contributed by atoms with Gasteiger partial charge in [0.1, 0.15) is 5.69 Å². The van der Waals surface area contributed by atoms with Crippen molar-refractivity contribution >= 4 is 11.9 Å². The molecular weight excluding hydrogens is 258 g/mol. The minimum absolute atomic E-state index is 0.0520. The van der Waals surface area contributed by atoms with Crippen LogP contribution in [-0.4, -0.2) is 44.8 Å². The van der Waals surface area contributed by atoms with E-state index in [9.17, 15) is 9.59 Å². The van der Waals surface area contributed by atoms with Gasteiger partial charge in [-0.15, -0.1) is 0 Å². The molecule has 1 heterocycles. The van der Waals surface area contributed by atoms with E-state index >= 15 is 0 Å². The summed E-state index contributed by atoms with van der Waals surface area (Å²) in [7, 11) is 1.73. The maximum Gasteiger partial charge on any atom is 0.305 e. The van der Waals surface area contributed by atoms with Gasteiger partial charge in [-0.2, -0.15) is 5.10 Å². The van der Waals surface area contributed by atoms with Crippen LogP contribution in [0.5, 0.6) is 0 Å². The molecule has 0 unspecified atom stereocenters. The highest BCUT2D eigenvalue weighted by molar-refractivity contribution is 5.93. The lowest BCUT2D eigenvalue weighted by molar-refractivity contribution is -0.137. The van der Waals surface area contributed by atoms with Crippen molar-refractivity contribution in [3.05, 3.63) is 17.5 Å². The molecule has 0 atom stereocenters. The standard InChI is InChI=1S/C14H23N3O3/c1-6-17(8-7-12(18)19)13(20)10-9-11(14(2,3)4)15-16(10)5/h9H,6-8H2,1-5H3,(H,18,19). The molecule has 1 aromatic rings. The number of aliphatic carboxylic acids is 1. The van der Waals surface area contributed by atoms with Crippen molar-refractivity contribution in [2.75, 3.05) is 13.1 Å². The number of carbonyl (C=O) groups is 2. The Morgan fingerprint density at radius 2 is 2.00 bits per heavy atom. The number of rotatable bonds is 5. The third-order valence-electron chi connectivity index (χ3n) is 3.13. The molecule has 0 saturated carbocycles. The second-order valence-electron chi connectivity index (χ2n) is 5.82. The minimum Gasteiger partial charge on any atom is -0.481 e. The fraction of sp³-hybridized carbons (Fsp3) is 0.643. The Hall–Kier alpha value is -1.85. The lowest BCUT2D eigenvalue weighted by atomic mass is 9.92. The summed E-state index contributed by atoms with van der Waals surface area (Å²) in [6.45, 7) is 8.62. The summed E-state index contributed by atoms with van der Waals surface area (Å²) in [5, 5.41) is 13.1. The fourth-order valence-corrected chi connectivity index (χ4v) is 1.83. The first-order valence-corrected chi connectivity index (χ1v) is 6.72. The van der Waals surface area contributed by atoms with E-state index in [1.165, 1.54) is 4.90 Å². The zero-order valence-electron chi connectivity index (χ0n) is 12.8. The molecule has 0 aliphatic rings. The summed E-state index contributed by atoms with van der Waals surface area (Å²) >= 11 is 0. The molecule has 112 valence electrons. The van der Waals surface area contributed by atoms with Crippen LogP contribution in [0.15, 0.2) is 6.07 Å². The van der Waals surface area contributed by atoms with Gasteiger partial charge in [0.25, 0.3) is 5.91 Å². The Morgan fingerprint density at radius 1 is 1.40 bits per heavy atom. The van der Waals surface area contributed by atoms with Crippen LogP contribution in [0.4, 0.5) is 0 Å². The van der Waals surface area contributed by atoms with Gasteiger partial charge in [-0.1, -0.05) is 20.8 Å². The van der Waals surface area contributed by atoms with Crippen molar-refractivity contribution in [2.45, 2.75) is 39.5 Å². The summed E-state index contributed by atoms with van der Waals surface area (Å²) in [5.41, 5.74) is 1.20. The Kier molecular flexibility index (Phi) is 4.92. The van der Waals surface area contributed by atoms with E-state index in [2.05, 4.69) is 5.10 Å². The number of nitrogens with zero attached hydrogens (tertiary/aromatic N) is 3. The number of hydrogen-bond donors (Lipinski definition) is 1. The lowest BCUT2D eigenvalue weighted by Gasteiger charge is -2.19. The lowest BCUT2D eigenvalue weighted by Crippen LogP contribution is -2.34. The SMILES string of the molecule is CCN(CCC(=O)O)C(=O)c1cc(C(C)(C)C)nn1C. The maximum atomic E-state index is 12.4. The highest BCUT2D eigenvalue weighted by atomic mass is 16.4. The van der Waals surface area contributed by atoms with E-state index in [1.807, 2.05) is 27.7 Å². The Bertz CT molecular complexity index is 500. The Balaban J connectivity index is 2.95. The van der Waals surface area contributed by atoms with E-state index in [4.69, 9.17) is 5.11 Å². The van der Waals surface area contributed by atoms with E-state index in [0.717, 1.165) is 5.69 Å². The van der Waals surface area contributed by atoms with E-state index in [1.54, 1.807) is 17.8 Å². The highest BCUT2D eigenvalue weighted by Gasteiger charge is 2.24. The summed E-state index contributed by atoms with van der Waals surface area (Å²) in [5.74, 6) is -1.09. The second-order valence-corrected chi connectivity index (χ2v) is 5.82. The third-order valence-corrected chi connectivity index (χ3v) is 3.13. The second kappa shape index (κ2) is 6.07. The van der Waals surface area contributed by atoms with Gasteiger partial charge in [-0.3, -0.25) is 14.3 Å². The van der Waals surface area contributed by atoms with E-state index in [0.29, 0.717) is 12.2 Å². The van der Waals surface area contributed by atoms with Gasteiger partial charge in [-0.05, 0) is 13.0 Å². The van der Waals surface area contributed by atoms with Crippen LogP contribution in [0.1, 0.15) is 50.3 Å². The van der Waals surface area contributed by atoms with Crippen molar-refractivity contribution in [1.82, 2.24) is 14.7 Å². The maximum absolute atomic E-state index is 12.4. The average Bonchev–Trinajstić information content (AvgIpc) is 2.71. The smallest absolute Gasteiger partial charge is 0.305 e. The monoisotopic (exact) mass is 281 g/mol. The molecule has 0 saturated heterocycles. The van der Waals surface area contributed by atoms with Gasteiger partial charge >= 0.3 is 5.97 Å². The van der Waals surface area contributed by atoms with Gasteiger partial charge < -0.3 is 10.0 Å². The average molecular weight is 281 g/mol. The molecular formula is C14H23N3O3. The van der Waals surface area contributed by atoms with Crippen molar-refractivity contribution in [3.63, 3.8) is 0 Å². The molecule has 0 bridgehead atoms. The molecule has 20 heavy (non-hydrogen) atoms. The van der Waals surface area contributed by atoms with Crippen LogP contribution in [-0.2, 0) is 17.3 Å². The molecule has 0 aromatic carbocycles. The molecule has 1 N–H and O–H groups in total. The quantitative estimate of drug-likeness (QED) is 0.890. The molecule has 0 aliphatic carbocycles. The molecule has 0 aliphatic heterocycles. The van der Waals surface area contributed by atoms with Gasteiger partial charge in [0.2, 0.25) is 0 Å². The molecule has 6 nitrogen and oxygen atoms in total. The molecule has 0 spiro atoms. The number of aromatic nitrogens is 2. The Morgan fingerprint density at radius 3 is 2.40 bits per heavy atom. The van der Waals surface area contributed by atoms with Crippen LogP contribution < -0.4 is 0 Å². The number of amides is 1. The predicted octanol–water partition coefficient (Wildman–Crippen LogP) is 1.65. The number of aryl methyl sites for hydroxylation is 1. The Labute approximate surface area is 119 Å². The van der Waals surface area contributed by atoms with E-state index < -0.39 is 5.97 Å². The molecule has 6 heteroatoms. The van der Waals surface area contributed by atoms with Crippen molar-refractivity contribution in [1.29, 1.82) is 0 Å². The minimum atomic E-state index is -0.906. The highest BCUT2D eigenvalue weighted by Crippen LogP contribution is 2.21. The fourth-order valence-electron chi connectivity index (χ4n) is 1.83. The molecule has 1 amide bonds. The first-order chi connectivity index (χ1) is 9.16. The van der Waals surface area contributed by atoms with Crippen LogP contribution in [0.2, 0.25) is 0 Å². The number of carbonyl (C=O) groups excluding carboxylic acids is 1. The zero-order chi connectivity index (χ0) is 15.5. The molecule has 0 fully saturated rings. The van der Waals surface area contributed by atoms with Crippen molar-refractivity contribution in [2.24, 2.45) is 7.05 Å². The molecule has 0 radical (unpaired) electrons. The van der Waals surface area contributed by atoms with Crippen LogP contribution in [0.3, 0.4) is 0 Å². The largest absolute Gasteiger partial charge is 0.481 e. The predicted molar refractivity (Wildman–Crippen MR) is 75.7 cm³/mol. The van der Waals surface area contributed by atoms with Gasteiger partial charge in [0, 0.05) is 25.6 Å². The van der Waals surface area contributed by atoms with Gasteiger partial charge in [0.05, 0.1) is 12.1 Å². The summed E-state index contributed by atoms with van der Waals surface area (Å²) in [6.07, 6.45) is -0.0520. The number of carboxylic acid groups (broad SMARTS) is 1. The normalized spacial score (nSPS) is 11.4. The van der Waals surface area contributed by atoms with Crippen LogP contribution in [0.25, 0.3) is 0 Å². The molecule has 1 aromatic heterocycles. The topological polar surface area (TPSA) is 75.4 Å². The number of hydrogen-bond acceptors (Lipinski definition) is 3. The number of carboxylic acids is 1. The van der Waals surface area contributed by atoms with Crippen molar-refractivity contribution < 1.29 is 14.7 Å². The van der Waals surface area contributed by atoms with E-state index in [-0.39, 0.29) is 24.3 Å². The first-order valence-electron chi connectivity index (χ1n) is 6.72. The summed E-state index contributed by atoms with van der Waals surface area (Å²) in [6, 6.07) is 1.78. The van der Waals surface area contributed by atoms with Crippen molar-refractivity contribution in [3.8, 4) is 0 Å². The zero-order valence-corrected chi connectivity index (χ0v) is 12.8. The third kappa shape index (κ3) is 3.82. The van der Waals surface area contributed by atoms with Crippen LogP contribution >= 0.6 is 0 Å².